The van der Waals surface area contributed by atoms with Gasteiger partial charge in [0.05, 0.1) is 6.61 Å². The smallest absolute Gasteiger partial charge is 0.0525 e. The second-order valence-electron chi connectivity index (χ2n) is 3.66. The molecular weight excluding hydrogens is 218 g/mol. The number of hydrogen-bond acceptors (Lipinski definition) is 3. The summed E-state index contributed by atoms with van der Waals surface area (Å²) >= 11 is 1.69. The summed E-state index contributed by atoms with van der Waals surface area (Å²) in [6.45, 7) is 5.57. The Morgan fingerprint density at radius 2 is 1.94 bits per heavy atom. The van der Waals surface area contributed by atoms with Gasteiger partial charge in [0.25, 0.3) is 0 Å². The summed E-state index contributed by atoms with van der Waals surface area (Å²) in [7, 11) is 0. The van der Waals surface area contributed by atoms with Crippen molar-refractivity contribution in [2.75, 3.05) is 18.9 Å². The zero-order valence-corrected chi connectivity index (χ0v) is 10.9. The average Bonchev–Trinajstić information content (AvgIpc) is 2.34. The van der Waals surface area contributed by atoms with Crippen LogP contribution in [0.5, 0.6) is 0 Å². The van der Waals surface area contributed by atoms with Crippen molar-refractivity contribution in [1.29, 1.82) is 0 Å². The van der Waals surface area contributed by atoms with Crippen LogP contribution < -0.4 is 5.32 Å². The Labute approximate surface area is 102 Å². The highest BCUT2D eigenvalue weighted by atomic mass is 32.2. The third-order valence-electron chi connectivity index (χ3n) is 2.50. The van der Waals surface area contributed by atoms with E-state index in [0.717, 1.165) is 18.7 Å². The molecule has 0 radical (unpaired) electrons. The van der Waals surface area contributed by atoms with E-state index in [2.05, 4.69) is 43.4 Å². The molecule has 0 saturated heterocycles. The first kappa shape index (κ1) is 13.6. The number of aliphatic hydroxyl groups excluding tert-OH is 1. The van der Waals surface area contributed by atoms with E-state index in [1.165, 1.54) is 10.5 Å². The van der Waals surface area contributed by atoms with E-state index >= 15 is 0 Å². The second kappa shape index (κ2) is 7.71. The molecule has 0 aromatic heterocycles. The van der Waals surface area contributed by atoms with Crippen molar-refractivity contribution < 1.29 is 5.11 Å². The van der Waals surface area contributed by atoms with E-state index in [9.17, 15) is 0 Å². The van der Waals surface area contributed by atoms with E-state index < -0.39 is 0 Å². The van der Waals surface area contributed by atoms with Gasteiger partial charge in [-0.25, -0.2) is 0 Å². The lowest BCUT2D eigenvalue weighted by Gasteiger charge is -2.16. The highest BCUT2D eigenvalue weighted by Gasteiger charge is 2.06. The summed E-state index contributed by atoms with van der Waals surface area (Å²) in [4.78, 5) is 1.23. The van der Waals surface area contributed by atoms with Crippen molar-refractivity contribution in [3.8, 4) is 0 Å². The topological polar surface area (TPSA) is 32.3 Å². The lowest BCUT2D eigenvalue weighted by atomic mass is 10.1. The highest BCUT2D eigenvalue weighted by Crippen LogP contribution is 2.22. The molecule has 0 amide bonds. The molecule has 0 spiro atoms. The van der Waals surface area contributed by atoms with Gasteiger partial charge in [-0.1, -0.05) is 26.0 Å². The summed E-state index contributed by atoms with van der Waals surface area (Å²) in [5, 5.41) is 12.2. The number of rotatable bonds is 7. The van der Waals surface area contributed by atoms with Crippen molar-refractivity contribution in [2.24, 2.45) is 0 Å². The molecule has 1 rings (SSSR count). The lowest BCUT2D eigenvalue weighted by Crippen LogP contribution is -2.19. The quantitative estimate of drug-likeness (QED) is 0.718. The van der Waals surface area contributed by atoms with Gasteiger partial charge in [0.15, 0.2) is 0 Å². The molecule has 1 aromatic rings. The molecule has 0 aliphatic rings. The lowest BCUT2D eigenvalue weighted by molar-refractivity contribution is 0.322. The molecule has 2 N–H and O–H groups in total. The average molecular weight is 239 g/mol. The number of benzene rings is 1. The molecule has 16 heavy (non-hydrogen) atoms. The second-order valence-corrected chi connectivity index (χ2v) is 4.83. The molecule has 1 unspecified atom stereocenters. The molecule has 0 heterocycles. The Morgan fingerprint density at radius 1 is 1.25 bits per heavy atom. The summed E-state index contributed by atoms with van der Waals surface area (Å²) in [5.41, 5.74) is 1.35. The summed E-state index contributed by atoms with van der Waals surface area (Å²) < 4.78 is 0. The van der Waals surface area contributed by atoms with Crippen LogP contribution >= 0.6 is 11.8 Å². The number of hydrogen-bond donors (Lipinski definition) is 2. The van der Waals surface area contributed by atoms with E-state index in [1.54, 1.807) is 11.8 Å². The van der Waals surface area contributed by atoms with Crippen molar-refractivity contribution in [2.45, 2.75) is 31.2 Å². The van der Waals surface area contributed by atoms with Gasteiger partial charge in [0.1, 0.15) is 0 Å². The fourth-order valence-electron chi connectivity index (χ4n) is 1.70. The van der Waals surface area contributed by atoms with Crippen molar-refractivity contribution >= 4 is 11.8 Å². The normalized spacial score (nSPS) is 12.7. The van der Waals surface area contributed by atoms with Crippen LogP contribution in [0.4, 0.5) is 0 Å². The van der Waals surface area contributed by atoms with Crippen LogP contribution in [0.3, 0.4) is 0 Å². The first-order valence-electron chi connectivity index (χ1n) is 5.88. The number of aliphatic hydroxyl groups is 1. The van der Waals surface area contributed by atoms with Gasteiger partial charge in [-0.15, -0.1) is 11.8 Å². The maximum absolute atomic E-state index is 8.75. The first-order chi connectivity index (χ1) is 7.81. The summed E-state index contributed by atoms with van der Waals surface area (Å²) in [6.07, 6.45) is 1.11. The minimum atomic E-state index is 0.237. The van der Waals surface area contributed by atoms with Crippen LogP contribution in [0.2, 0.25) is 0 Å². The van der Waals surface area contributed by atoms with Gasteiger partial charge >= 0.3 is 0 Å². The molecule has 0 aliphatic carbocycles. The van der Waals surface area contributed by atoms with Crippen molar-refractivity contribution in [1.82, 2.24) is 5.32 Å². The number of thioether (sulfide) groups is 1. The summed E-state index contributed by atoms with van der Waals surface area (Å²) in [6, 6.07) is 9.08. The molecule has 0 aliphatic heterocycles. The molecule has 1 aromatic carbocycles. The molecule has 0 saturated carbocycles. The van der Waals surface area contributed by atoms with Crippen molar-refractivity contribution in [3.63, 3.8) is 0 Å². The Bertz CT molecular complexity index is 286. The third kappa shape index (κ3) is 4.16. The molecule has 1 atom stereocenters. The predicted octanol–water partition coefficient (Wildman–Crippen LogP) is 2.83. The minimum absolute atomic E-state index is 0.237. The van der Waals surface area contributed by atoms with E-state index in [1.807, 2.05) is 0 Å². The van der Waals surface area contributed by atoms with Crippen LogP contribution in [0.1, 0.15) is 31.9 Å². The Balaban J connectivity index is 2.61. The van der Waals surface area contributed by atoms with Gasteiger partial charge in [0, 0.05) is 16.7 Å². The predicted molar refractivity (Wildman–Crippen MR) is 71.0 cm³/mol. The van der Waals surface area contributed by atoms with Crippen LogP contribution in [0, 0.1) is 0 Å². The SMILES string of the molecule is CCNC(CC)c1ccc(SCCO)cc1. The van der Waals surface area contributed by atoms with Crippen LogP contribution in [-0.2, 0) is 0 Å². The maximum Gasteiger partial charge on any atom is 0.0525 e. The third-order valence-corrected chi connectivity index (χ3v) is 3.49. The highest BCUT2D eigenvalue weighted by molar-refractivity contribution is 7.99. The fourth-order valence-corrected chi connectivity index (χ4v) is 2.36. The van der Waals surface area contributed by atoms with Gasteiger partial charge in [-0.05, 0) is 30.7 Å². The van der Waals surface area contributed by atoms with Crippen LogP contribution in [-0.4, -0.2) is 24.0 Å². The largest absolute Gasteiger partial charge is 0.396 e. The van der Waals surface area contributed by atoms with Gasteiger partial charge in [0.2, 0.25) is 0 Å². The van der Waals surface area contributed by atoms with E-state index in [-0.39, 0.29) is 6.61 Å². The zero-order chi connectivity index (χ0) is 11.8. The van der Waals surface area contributed by atoms with Crippen molar-refractivity contribution in [3.05, 3.63) is 29.8 Å². The van der Waals surface area contributed by atoms with E-state index in [4.69, 9.17) is 5.11 Å². The van der Waals surface area contributed by atoms with Gasteiger partial charge in [-0.2, -0.15) is 0 Å². The fraction of sp³-hybridized carbons (Fsp3) is 0.538. The zero-order valence-electron chi connectivity index (χ0n) is 10.1. The minimum Gasteiger partial charge on any atom is -0.396 e. The Hall–Kier alpha value is -0.510. The molecule has 0 fully saturated rings. The van der Waals surface area contributed by atoms with E-state index in [0.29, 0.717) is 6.04 Å². The van der Waals surface area contributed by atoms with Crippen LogP contribution in [0.15, 0.2) is 29.2 Å². The maximum atomic E-state index is 8.75. The molecular formula is C13H21NOS. The first-order valence-corrected chi connectivity index (χ1v) is 6.87. The van der Waals surface area contributed by atoms with Crippen LogP contribution in [0.25, 0.3) is 0 Å². The van der Waals surface area contributed by atoms with Gasteiger partial charge < -0.3 is 10.4 Å². The van der Waals surface area contributed by atoms with Gasteiger partial charge in [-0.3, -0.25) is 0 Å². The standard InChI is InChI=1S/C13H21NOS/c1-3-13(14-4-2)11-5-7-12(8-6-11)16-10-9-15/h5-8,13-15H,3-4,9-10H2,1-2H3. The Kier molecular flexibility index (Phi) is 6.53. The molecule has 3 heteroatoms. The Morgan fingerprint density at radius 3 is 2.44 bits per heavy atom. The molecule has 90 valence electrons. The summed E-state index contributed by atoms with van der Waals surface area (Å²) in [5.74, 6) is 0.768. The molecule has 2 nitrogen and oxygen atoms in total. The number of nitrogens with one attached hydrogen (secondary N) is 1. The monoisotopic (exact) mass is 239 g/mol. The molecule has 0 bridgehead atoms.